The summed E-state index contributed by atoms with van der Waals surface area (Å²) in [5, 5.41) is 14.6. The molecule has 0 aliphatic carbocycles. The molecule has 18 heavy (non-hydrogen) atoms. The van der Waals surface area contributed by atoms with Crippen LogP contribution in [0.2, 0.25) is 10.0 Å². The quantitative estimate of drug-likeness (QED) is 0.902. The van der Waals surface area contributed by atoms with E-state index in [0.717, 1.165) is 0 Å². The predicted molar refractivity (Wildman–Crippen MR) is 71.5 cm³/mol. The molecular formula is C11H12Cl2N4O. The van der Waals surface area contributed by atoms with E-state index in [1.807, 2.05) is 14.0 Å². The van der Waals surface area contributed by atoms with Gasteiger partial charge in [-0.3, -0.25) is 0 Å². The fourth-order valence-corrected chi connectivity index (χ4v) is 1.65. The van der Waals surface area contributed by atoms with Crippen LogP contribution in [0, 0.1) is 0 Å². The Morgan fingerprint density at radius 1 is 1.28 bits per heavy atom. The molecule has 0 aliphatic heterocycles. The van der Waals surface area contributed by atoms with Crippen molar-refractivity contribution in [1.82, 2.24) is 15.5 Å². The van der Waals surface area contributed by atoms with Crippen LogP contribution in [0.25, 0.3) is 0 Å². The van der Waals surface area contributed by atoms with Crippen molar-refractivity contribution in [3.63, 3.8) is 0 Å². The van der Waals surface area contributed by atoms with E-state index < -0.39 is 0 Å². The molecule has 5 nitrogen and oxygen atoms in total. The summed E-state index contributed by atoms with van der Waals surface area (Å²) in [6.07, 6.45) is 0. The number of benzene rings is 1. The zero-order chi connectivity index (χ0) is 13.1. The van der Waals surface area contributed by atoms with Crippen molar-refractivity contribution in [1.29, 1.82) is 0 Å². The third kappa shape index (κ3) is 2.75. The first-order chi connectivity index (χ1) is 8.61. The van der Waals surface area contributed by atoms with Gasteiger partial charge in [-0.05, 0) is 26.1 Å². The molecule has 7 heteroatoms. The Hall–Kier alpha value is -1.30. The minimum Gasteiger partial charge on any atom is -0.406 e. The van der Waals surface area contributed by atoms with Crippen LogP contribution < -0.4 is 10.6 Å². The van der Waals surface area contributed by atoms with Crippen molar-refractivity contribution < 1.29 is 4.42 Å². The smallest absolute Gasteiger partial charge is 0.320 e. The highest BCUT2D eigenvalue weighted by molar-refractivity contribution is 6.43. The molecule has 0 saturated heterocycles. The highest BCUT2D eigenvalue weighted by atomic mass is 35.5. The molecule has 2 rings (SSSR count). The maximum absolute atomic E-state index is 6.04. The fraction of sp³-hybridized carbons (Fsp3) is 0.273. The van der Waals surface area contributed by atoms with Crippen molar-refractivity contribution in [2.24, 2.45) is 0 Å². The van der Waals surface area contributed by atoms with Crippen LogP contribution in [0.15, 0.2) is 22.6 Å². The van der Waals surface area contributed by atoms with E-state index in [1.165, 1.54) is 0 Å². The van der Waals surface area contributed by atoms with Crippen molar-refractivity contribution in [3.8, 4) is 0 Å². The molecule has 2 N–H and O–H groups in total. The van der Waals surface area contributed by atoms with Gasteiger partial charge < -0.3 is 15.1 Å². The molecule has 1 aromatic carbocycles. The summed E-state index contributed by atoms with van der Waals surface area (Å²) in [5.74, 6) is 0.498. The standard InChI is InChI=1S/C11H12Cl2N4O/c1-6(14-2)10-16-17-11(18-10)15-8-5-3-4-7(12)9(8)13/h3-6,14H,1-2H3,(H,15,17). The molecule has 1 heterocycles. The zero-order valence-electron chi connectivity index (χ0n) is 9.87. The maximum atomic E-state index is 6.04. The highest BCUT2D eigenvalue weighted by Crippen LogP contribution is 2.31. The molecule has 0 aliphatic rings. The van der Waals surface area contributed by atoms with E-state index in [9.17, 15) is 0 Å². The third-order valence-electron chi connectivity index (χ3n) is 2.44. The number of nitrogens with zero attached hydrogens (tertiary/aromatic N) is 2. The van der Waals surface area contributed by atoms with Crippen LogP contribution in [-0.2, 0) is 0 Å². The predicted octanol–water partition coefficient (Wildman–Crippen LogP) is 3.40. The van der Waals surface area contributed by atoms with Gasteiger partial charge in [0.05, 0.1) is 21.8 Å². The summed E-state index contributed by atoms with van der Waals surface area (Å²) in [6, 6.07) is 5.53. The zero-order valence-corrected chi connectivity index (χ0v) is 11.4. The molecule has 0 amide bonds. The number of rotatable bonds is 4. The molecule has 1 unspecified atom stereocenters. The molecule has 1 aromatic heterocycles. The van der Waals surface area contributed by atoms with E-state index in [0.29, 0.717) is 21.6 Å². The van der Waals surface area contributed by atoms with Crippen molar-refractivity contribution in [2.45, 2.75) is 13.0 Å². The Balaban J connectivity index is 2.19. The largest absolute Gasteiger partial charge is 0.406 e. The van der Waals surface area contributed by atoms with Gasteiger partial charge in [-0.1, -0.05) is 34.4 Å². The second-order valence-corrected chi connectivity index (χ2v) is 4.47. The van der Waals surface area contributed by atoms with Crippen LogP contribution in [0.1, 0.15) is 18.9 Å². The molecule has 0 radical (unpaired) electrons. The topological polar surface area (TPSA) is 63.0 Å². The van der Waals surface area contributed by atoms with Gasteiger partial charge in [0, 0.05) is 0 Å². The lowest BCUT2D eigenvalue weighted by atomic mass is 10.3. The summed E-state index contributed by atoms with van der Waals surface area (Å²) in [5.41, 5.74) is 0.622. The maximum Gasteiger partial charge on any atom is 0.320 e. The fourth-order valence-electron chi connectivity index (χ4n) is 1.30. The molecule has 0 bridgehead atoms. The first-order valence-corrected chi connectivity index (χ1v) is 6.09. The third-order valence-corrected chi connectivity index (χ3v) is 3.26. The Kier molecular flexibility index (Phi) is 4.06. The van der Waals surface area contributed by atoms with Gasteiger partial charge in [0.1, 0.15) is 0 Å². The lowest BCUT2D eigenvalue weighted by Gasteiger charge is -2.05. The van der Waals surface area contributed by atoms with Gasteiger partial charge in [0.25, 0.3) is 0 Å². The van der Waals surface area contributed by atoms with Gasteiger partial charge in [-0.25, -0.2) is 0 Å². The number of anilines is 2. The second kappa shape index (κ2) is 5.56. The lowest BCUT2D eigenvalue weighted by molar-refractivity contribution is 0.443. The van der Waals surface area contributed by atoms with Gasteiger partial charge >= 0.3 is 6.01 Å². The summed E-state index contributed by atoms with van der Waals surface area (Å²) in [7, 11) is 1.82. The first kappa shape index (κ1) is 13.1. The Bertz CT molecular complexity index is 544. The van der Waals surface area contributed by atoms with E-state index in [4.69, 9.17) is 27.6 Å². The van der Waals surface area contributed by atoms with Crippen LogP contribution >= 0.6 is 23.2 Å². The average Bonchev–Trinajstić information content (AvgIpc) is 2.82. The number of aromatic nitrogens is 2. The van der Waals surface area contributed by atoms with Gasteiger partial charge in [-0.15, -0.1) is 5.10 Å². The van der Waals surface area contributed by atoms with Crippen LogP contribution in [0.5, 0.6) is 0 Å². The number of hydrogen-bond donors (Lipinski definition) is 2. The van der Waals surface area contributed by atoms with E-state index >= 15 is 0 Å². The van der Waals surface area contributed by atoms with Crippen LogP contribution in [-0.4, -0.2) is 17.2 Å². The van der Waals surface area contributed by atoms with Gasteiger partial charge in [0.15, 0.2) is 0 Å². The molecule has 0 fully saturated rings. The summed E-state index contributed by atoms with van der Waals surface area (Å²) in [4.78, 5) is 0. The Morgan fingerprint density at radius 3 is 2.78 bits per heavy atom. The molecule has 0 spiro atoms. The first-order valence-electron chi connectivity index (χ1n) is 5.33. The number of hydrogen-bond acceptors (Lipinski definition) is 5. The van der Waals surface area contributed by atoms with E-state index in [-0.39, 0.29) is 12.1 Å². The summed E-state index contributed by atoms with van der Waals surface area (Å²) in [6.45, 7) is 1.92. The van der Waals surface area contributed by atoms with Crippen LogP contribution in [0.3, 0.4) is 0 Å². The van der Waals surface area contributed by atoms with Crippen molar-refractivity contribution >= 4 is 34.9 Å². The van der Waals surface area contributed by atoms with Crippen LogP contribution in [0.4, 0.5) is 11.7 Å². The van der Waals surface area contributed by atoms with E-state index in [1.54, 1.807) is 18.2 Å². The highest BCUT2D eigenvalue weighted by Gasteiger charge is 2.13. The molecule has 1 atom stereocenters. The van der Waals surface area contributed by atoms with Gasteiger partial charge in [-0.2, -0.15) is 0 Å². The Labute approximate surface area is 114 Å². The Morgan fingerprint density at radius 2 is 2.06 bits per heavy atom. The second-order valence-electron chi connectivity index (χ2n) is 3.68. The normalized spacial score (nSPS) is 12.4. The molecule has 0 saturated carbocycles. The lowest BCUT2D eigenvalue weighted by Crippen LogP contribution is -2.12. The SMILES string of the molecule is CNC(C)c1nnc(Nc2cccc(Cl)c2Cl)o1. The van der Waals surface area contributed by atoms with E-state index in [2.05, 4.69) is 20.8 Å². The van der Waals surface area contributed by atoms with Gasteiger partial charge in [0.2, 0.25) is 5.89 Å². The summed E-state index contributed by atoms with van der Waals surface area (Å²) >= 11 is 12.0. The average molecular weight is 287 g/mol. The molecular weight excluding hydrogens is 275 g/mol. The number of nitrogens with one attached hydrogen (secondary N) is 2. The minimum absolute atomic E-state index is 0.0112. The molecule has 96 valence electrons. The van der Waals surface area contributed by atoms with Crippen molar-refractivity contribution in [3.05, 3.63) is 34.1 Å². The molecule has 2 aromatic rings. The monoisotopic (exact) mass is 286 g/mol. The van der Waals surface area contributed by atoms with Crippen molar-refractivity contribution in [2.75, 3.05) is 12.4 Å². The summed E-state index contributed by atoms with van der Waals surface area (Å²) < 4.78 is 5.44. The minimum atomic E-state index is -0.0112. The number of halogens is 2.